The molecule has 1 aromatic carbocycles. The van der Waals surface area contributed by atoms with Gasteiger partial charge in [-0.25, -0.2) is 8.42 Å². The molecular weight excluding hydrogens is 266 g/mol. The van der Waals surface area contributed by atoms with Crippen molar-refractivity contribution in [1.29, 1.82) is 0 Å². The molecular formula is C12H19N3O3S. The number of hydrogen-bond donors (Lipinski definition) is 3. The Morgan fingerprint density at radius 3 is 2.26 bits per heavy atom. The lowest BCUT2D eigenvalue weighted by Gasteiger charge is -2.09. The highest BCUT2D eigenvalue weighted by molar-refractivity contribution is 7.92. The second-order valence-electron chi connectivity index (χ2n) is 4.31. The van der Waals surface area contributed by atoms with Crippen molar-refractivity contribution < 1.29 is 13.2 Å². The summed E-state index contributed by atoms with van der Waals surface area (Å²) in [5.74, 6) is -0.156. The minimum atomic E-state index is -3.28. The first kappa shape index (κ1) is 15.5. The molecule has 0 radical (unpaired) electrons. The number of benzene rings is 1. The third-order valence-corrected chi connectivity index (χ3v) is 3.64. The molecule has 0 saturated heterocycles. The molecule has 1 rings (SSSR count). The van der Waals surface area contributed by atoms with E-state index in [9.17, 15) is 13.2 Å². The van der Waals surface area contributed by atoms with Crippen LogP contribution in [0.15, 0.2) is 24.3 Å². The first-order valence-electron chi connectivity index (χ1n) is 5.98. The van der Waals surface area contributed by atoms with Gasteiger partial charge in [-0.1, -0.05) is 0 Å². The van der Waals surface area contributed by atoms with Gasteiger partial charge in [-0.05, 0) is 38.1 Å². The van der Waals surface area contributed by atoms with E-state index in [2.05, 4.69) is 10.0 Å². The Morgan fingerprint density at radius 2 is 1.79 bits per heavy atom. The number of hydrogen-bond acceptors (Lipinski definition) is 4. The van der Waals surface area contributed by atoms with E-state index >= 15 is 0 Å². The Kier molecular flexibility index (Phi) is 5.31. The van der Waals surface area contributed by atoms with E-state index in [1.807, 2.05) is 0 Å². The largest absolute Gasteiger partial charge is 0.327 e. The molecule has 1 amide bonds. The summed E-state index contributed by atoms with van der Waals surface area (Å²) >= 11 is 0. The van der Waals surface area contributed by atoms with E-state index in [4.69, 9.17) is 5.73 Å². The molecule has 4 N–H and O–H groups in total. The van der Waals surface area contributed by atoms with Gasteiger partial charge in [-0.15, -0.1) is 0 Å². The Balaban J connectivity index is 2.64. The fourth-order valence-electron chi connectivity index (χ4n) is 1.38. The van der Waals surface area contributed by atoms with Crippen LogP contribution in [0.5, 0.6) is 0 Å². The van der Waals surface area contributed by atoms with Crippen molar-refractivity contribution in [1.82, 2.24) is 0 Å². The summed E-state index contributed by atoms with van der Waals surface area (Å²) in [5.41, 5.74) is 6.59. The quantitative estimate of drug-likeness (QED) is 0.729. The number of anilines is 2. The summed E-state index contributed by atoms with van der Waals surface area (Å²) in [6.45, 7) is 3.31. The normalized spacial score (nSPS) is 12.8. The van der Waals surface area contributed by atoms with Crippen molar-refractivity contribution in [3.8, 4) is 0 Å². The van der Waals surface area contributed by atoms with Gasteiger partial charge in [0.15, 0.2) is 0 Å². The first-order valence-corrected chi connectivity index (χ1v) is 7.63. The summed E-state index contributed by atoms with van der Waals surface area (Å²) in [4.78, 5) is 11.5. The molecule has 1 aromatic rings. The molecule has 0 heterocycles. The van der Waals surface area contributed by atoms with Crippen molar-refractivity contribution in [2.24, 2.45) is 5.73 Å². The molecule has 0 saturated carbocycles. The number of carbonyl (C=O) groups excluding carboxylic acids is 1. The SMILES string of the molecule is CCS(=O)(=O)Nc1ccc(NC(=O)CC(C)N)cc1. The number of carbonyl (C=O) groups is 1. The van der Waals surface area contributed by atoms with Crippen molar-refractivity contribution in [2.75, 3.05) is 15.8 Å². The highest BCUT2D eigenvalue weighted by atomic mass is 32.2. The maximum atomic E-state index is 11.5. The predicted molar refractivity (Wildman–Crippen MR) is 76.4 cm³/mol. The average molecular weight is 285 g/mol. The Labute approximate surface area is 113 Å². The van der Waals surface area contributed by atoms with E-state index < -0.39 is 10.0 Å². The molecule has 0 spiro atoms. The van der Waals surface area contributed by atoms with Crippen LogP contribution in [0.2, 0.25) is 0 Å². The molecule has 1 unspecified atom stereocenters. The van der Waals surface area contributed by atoms with Crippen LogP contribution in [0.25, 0.3) is 0 Å². The van der Waals surface area contributed by atoms with Crippen LogP contribution < -0.4 is 15.8 Å². The third kappa shape index (κ3) is 5.71. The van der Waals surface area contributed by atoms with Gasteiger partial charge in [0.2, 0.25) is 15.9 Å². The molecule has 1 atom stereocenters. The van der Waals surface area contributed by atoms with Gasteiger partial charge in [-0.2, -0.15) is 0 Å². The van der Waals surface area contributed by atoms with Crippen LogP contribution in [0.1, 0.15) is 20.3 Å². The van der Waals surface area contributed by atoms with Crippen LogP contribution in [-0.2, 0) is 14.8 Å². The van der Waals surface area contributed by atoms with Crippen LogP contribution in [-0.4, -0.2) is 26.1 Å². The van der Waals surface area contributed by atoms with Crippen molar-refractivity contribution in [3.05, 3.63) is 24.3 Å². The molecule has 0 aromatic heterocycles. The van der Waals surface area contributed by atoms with E-state index in [-0.39, 0.29) is 24.1 Å². The Morgan fingerprint density at radius 1 is 1.26 bits per heavy atom. The molecule has 19 heavy (non-hydrogen) atoms. The number of rotatable bonds is 6. The Bertz CT molecular complexity index is 524. The smallest absolute Gasteiger partial charge is 0.232 e. The van der Waals surface area contributed by atoms with Gasteiger partial charge in [-0.3, -0.25) is 9.52 Å². The second-order valence-corrected chi connectivity index (χ2v) is 6.32. The van der Waals surface area contributed by atoms with Gasteiger partial charge in [0.05, 0.1) is 5.75 Å². The summed E-state index contributed by atoms with van der Waals surface area (Å²) in [6.07, 6.45) is 0.240. The van der Waals surface area contributed by atoms with Crippen molar-refractivity contribution in [3.63, 3.8) is 0 Å². The summed E-state index contributed by atoms with van der Waals surface area (Å²) in [6, 6.07) is 6.25. The van der Waals surface area contributed by atoms with Gasteiger partial charge in [0.25, 0.3) is 0 Å². The molecule has 0 bridgehead atoms. The van der Waals surface area contributed by atoms with Gasteiger partial charge >= 0.3 is 0 Å². The van der Waals surface area contributed by atoms with Gasteiger partial charge in [0, 0.05) is 23.8 Å². The molecule has 0 aliphatic rings. The summed E-state index contributed by atoms with van der Waals surface area (Å²) in [7, 11) is -3.28. The van der Waals surface area contributed by atoms with E-state index in [1.165, 1.54) is 0 Å². The molecule has 0 aliphatic carbocycles. The minimum Gasteiger partial charge on any atom is -0.327 e. The van der Waals surface area contributed by atoms with Crippen LogP contribution >= 0.6 is 0 Å². The third-order valence-electron chi connectivity index (χ3n) is 2.33. The lowest BCUT2D eigenvalue weighted by molar-refractivity contribution is -0.116. The summed E-state index contributed by atoms with van der Waals surface area (Å²) < 4.78 is 25.1. The topological polar surface area (TPSA) is 101 Å². The zero-order valence-electron chi connectivity index (χ0n) is 11.0. The first-order chi connectivity index (χ1) is 8.82. The molecule has 7 heteroatoms. The maximum Gasteiger partial charge on any atom is 0.232 e. The van der Waals surface area contributed by atoms with Gasteiger partial charge < -0.3 is 11.1 Å². The number of sulfonamides is 1. The number of nitrogens with two attached hydrogens (primary N) is 1. The zero-order chi connectivity index (χ0) is 14.5. The average Bonchev–Trinajstić information content (AvgIpc) is 2.30. The lowest BCUT2D eigenvalue weighted by Crippen LogP contribution is -2.23. The van der Waals surface area contributed by atoms with Crippen LogP contribution in [0.4, 0.5) is 11.4 Å². The van der Waals surface area contributed by atoms with Crippen molar-refractivity contribution >= 4 is 27.3 Å². The lowest BCUT2D eigenvalue weighted by atomic mass is 10.2. The molecule has 0 aliphatic heterocycles. The standard InChI is InChI=1S/C12H19N3O3S/c1-3-19(17,18)15-11-6-4-10(5-7-11)14-12(16)8-9(2)13/h4-7,9,15H,3,8,13H2,1-2H3,(H,14,16). The minimum absolute atomic E-state index is 0.0138. The monoisotopic (exact) mass is 285 g/mol. The second kappa shape index (κ2) is 6.53. The number of nitrogens with one attached hydrogen (secondary N) is 2. The Hall–Kier alpha value is -1.60. The molecule has 106 valence electrons. The summed E-state index contributed by atoms with van der Waals surface area (Å²) in [5, 5.41) is 2.68. The van der Waals surface area contributed by atoms with E-state index in [1.54, 1.807) is 38.1 Å². The van der Waals surface area contributed by atoms with E-state index in [0.717, 1.165) is 0 Å². The highest BCUT2D eigenvalue weighted by Gasteiger charge is 2.08. The number of amides is 1. The fourth-order valence-corrected chi connectivity index (χ4v) is 2.02. The highest BCUT2D eigenvalue weighted by Crippen LogP contribution is 2.15. The fraction of sp³-hybridized carbons (Fsp3) is 0.417. The van der Waals surface area contributed by atoms with Crippen molar-refractivity contribution in [2.45, 2.75) is 26.3 Å². The van der Waals surface area contributed by atoms with Crippen LogP contribution in [0, 0.1) is 0 Å². The van der Waals surface area contributed by atoms with Crippen LogP contribution in [0.3, 0.4) is 0 Å². The molecule has 6 nitrogen and oxygen atoms in total. The molecule has 0 fully saturated rings. The van der Waals surface area contributed by atoms with E-state index in [0.29, 0.717) is 11.4 Å². The van der Waals surface area contributed by atoms with Gasteiger partial charge in [0.1, 0.15) is 0 Å². The predicted octanol–water partition coefficient (Wildman–Crippen LogP) is 1.12. The zero-order valence-corrected chi connectivity index (χ0v) is 11.8. The maximum absolute atomic E-state index is 11.5.